The normalized spacial score (nSPS) is 13.0. The summed E-state index contributed by atoms with van der Waals surface area (Å²) in [6.45, 7) is 0.201. The van der Waals surface area contributed by atoms with Crippen molar-refractivity contribution in [2.75, 3.05) is 24.7 Å². The Morgan fingerprint density at radius 3 is 2.32 bits per heavy atom. The van der Waals surface area contributed by atoms with Gasteiger partial charge in [-0.05, 0) is 29.7 Å². The Kier molecular flexibility index (Phi) is 7.84. The molecule has 0 spiro atoms. The number of carbonyl (C=O) groups is 1. The average Bonchev–Trinajstić information content (AvgIpc) is 3.14. The molecule has 0 saturated heterocycles. The van der Waals surface area contributed by atoms with Gasteiger partial charge in [0.15, 0.2) is 16.9 Å². The highest BCUT2D eigenvalue weighted by molar-refractivity contribution is 7.17. The summed E-state index contributed by atoms with van der Waals surface area (Å²) in [4.78, 5) is 15.9. The molecule has 0 aliphatic rings. The molecule has 1 heterocycles. The van der Waals surface area contributed by atoms with E-state index < -0.39 is 34.5 Å². The fraction of sp³-hybridized carbons (Fsp3) is 0.273. The number of anilines is 2. The molecule has 0 fully saturated rings. The van der Waals surface area contributed by atoms with Gasteiger partial charge < -0.3 is 41.3 Å². The van der Waals surface area contributed by atoms with E-state index in [0.29, 0.717) is 23.3 Å². The lowest BCUT2D eigenvalue weighted by Gasteiger charge is -2.31. The Morgan fingerprint density at radius 1 is 1.12 bits per heavy atom. The van der Waals surface area contributed by atoms with Crippen LogP contribution < -0.4 is 16.4 Å². The summed E-state index contributed by atoms with van der Waals surface area (Å²) in [5, 5.41) is 55.1. The number of benzene rings is 2. The van der Waals surface area contributed by atoms with E-state index in [1.807, 2.05) is 6.07 Å². The second-order valence-corrected chi connectivity index (χ2v) is 8.47. The monoisotopic (exact) mass is 490 g/mol. The minimum atomic E-state index is -3.08. The van der Waals surface area contributed by atoms with Crippen LogP contribution in [0.3, 0.4) is 0 Å². The molecule has 2 aromatic carbocycles. The predicted octanol–water partition coefficient (Wildman–Crippen LogP) is 0.365. The smallest absolute Gasteiger partial charge is 0.294 e. The van der Waals surface area contributed by atoms with Crippen LogP contribution in [0.2, 0.25) is 0 Å². The van der Waals surface area contributed by atoms with Gasteiger partial charge in [-0.1, -0.05) is 53.8 Å². The molecule has 182 valence electrons. The largest absolute Gasteiger partial charge is 0.498 e. The van der Waals surface area contributed by atoms with Gasteiger partial charge in [0.2, 0.25) is 5.06 Å². The number of nitrogens with zero attached hydrogens (tertiary/aromatic N) is 1. The van der Waals surface area contributed by atoms with Gasteiger partial charge in [0.05, 0.1) is 0 Å². The number of aromatic nitrogens is 1. The Bertz CT molecular complexity index is 1100. The fourth-order valence-corrected chi connectivity index (χ4v) is 3.90. The fourth-order valence-electron chi connectivity index (χ4n) is 3.28. The molecule has 1 atom stereocenters. The summed E-state index contributed by atoms with van der Waals surface area (Å²) in [7, 11) is 1.38. The SMILES string of the molecule is COC(c1ccccc1)C(O)(O)NCCc1ccc(NC(=O)C(O)(O)c2nc(N)sc2O)cc1. The topological polar surface area (TPSA) is 190 Å². The molecule has 3 aromatic rings. The number of thiazole rings is 1. The van der Waals surface area contributed by atoms with E-state index in [2.05, 4.69) is 15.6 Å². The molecule has 0 aliphatic heterocycles. The first-order chi connectivity index (χ1) is 16.0. The van der Waals surface area contributed by atoms with E-state index in [9.17, 15) is 30.3 Å². The maximum absolute atomic E-state index is 12.3. The van der Waals surface area contributed by atoms with Crippen molar-refractivity contribution < 1.29 is 35.1 Å². The molecule has 12 heteroatoms. The summed E-state index contributed by atoms with van der Waals surface area (Å²) in [6, 6.07) is 15.2. The Balaban J connectivity index is 1.56. The third kappa shape index (κ3) is 5.87. The molecule has 11 nitrogen and oxygen atoms in total. The number of carbonyl (C=O) groups excluding carboxylic acids is 1. The van der Waals surface area contributed by atoms with E-state index in [1.165, 1.54) is 19.2 Å². The van der Waals surface area contributed by atoms with Gasteiger partial charge in [0.25, 0.3) is 17.6 Å². The van der Waals surface area contributed by atoms with Crippen LogP contribution >= 0.6 is 11.3 Å². The predicted molar refractivity (Wildman–Crippen MR) is 124 cm³/mol. The number of aromatic hydroxyl groups is 1. The van der Waals surface area contributed by atoms with Crippen LogP contribution in [0.15, 0.2) is 54.6 Å². The lowest BCUT2D eigenvalue weighted by molar-refractivity contribution is -0.254. The molecule has 1 unspecified atom stereocenters. The lowest BCUT2D eigenvalue weighted by atomic mass is 10.1. The van der Waals surface area contributed by atoms with Crippen molar-refractivity contribution >= 4 is 28.1 Å². The highest BCUT2D eigenvalue weighted by Crippen LogP contribution is 2.34. The maximum atomic E-state index is 12.3. The summed E-state index contributed by atoms with van der Waals surface area (Å²) in [6.07, 6.45) is -0.589. The average molecular weight is 491 g/mol. The number of hydrogen-bond acceptors (Lipinski definition) is 11. The molecular weight excluding hydrogens is 464 g/mol. The van der Waals surface area contributed by atoms with Crippen molar-refractivity contribution in [3.8, 4) is 5.06 Å². The van der Waals surface area contributed by atoms with Crippen molar-refractivity contribution in [2.24, 2.45) is 0 Å². The number of hydrogen-bond donors (Lipinski definition) is 8. The summed E-state index contributed by atoms with van der Waals surface area (Å²) in [5.41, 5.74) is 6.43. The third-order valence-electron chi connectivity index (χ3n) is 4.99. The molecule has 1 aromatic heterocycles. The highest BCUT2D eigenvalue weighted by Gasteiger charge is 2.41. The number of methoxy groups -OCH3 is 1. The number of nitrogen functional groups attached to an aromatic ring is 1. The minimum Gasteiger partial charge on any atom is -0.498 e. The van der Waals surface area contributed by atoms with Gasteiger partial charge in [-0.15, -0.1) is 0 Å². The van der Waals surface area contributed by atoms with Crippen LogP contribution in [0, 0.1) is 0 Å². The van der Waals surface area contributed by atoms with Crippen LogP contribution in [0.25, 0.3) is 0 Å². The van der Waals surface area contributed by atoms with Crippen LogP contribution in [0.1, 0.15) is 22.9 Å². The Labute approximate surface area is 199 Å². The van der Waals surface area contributed by atoms with Gasteiger partial charge in [-0.25, -0.2) is 4.98 Å². The molecule has 0 saturated carbocycles. The van der Waals surface area contributed by atoms with Gasteiger partial charge in [0.1, 0.15) is 0 Å². The van der Waals surface area contributed by atoms with Gasteiger partial charge in [-0.3, -0.25) is 10.1 Å². The van der Waals surface area contributed by atoms with Crippen LogP contribution in [0.5, 0.6) is 5.06 Å². The second kappa shape index (κ2) is 10.4. The zero-order valence-electron chi connectivity index (χ0n) is 18.2. The van der Waals surface area contributed by atoms with Crippen LogP contribution in [-0.4, -0.2) is 56.0 Å². The first-order valence-electron chi connectivity index (χ1n) is 10.1. The number of aliphatic hydroxyl groups is 4. The number of rotatable bonds is 10. The Hall–Kier alpha value is -3.10. The van der Waals surface area contributed by atoms with Crippen molar-refractivity contribution in [1.29, 1.82) is 0 Å². The van der Waals surface area contributed by atoms with Gasteiger partial charge >= 0.3 is 0 Å². The van der Waals surface area contributed by atoms with E-state index in [-0.39, 0.29) is 17.4 Å². The molecule has 0 aliphatic carbocycles. The summed E-state index contributed by atoms with van der Waals surface area (Å²) < 4.78 is 5.25. The molecule has 34 heavy (non-hydrogen) atoms. The third-order valence-corrected chi connectivity index (χ3v) is 5.67. The summed E-state index contributed by atoms with van der Waals surface area (Å²) >= 11 is 0.606. The van der Waals surface area contributed by atoms with E-state index in [4.69, 9.17) is 10.5 Å². The maximum Gasteiger partial charge on any atom is 0.294 e. The second-order valence-electron chi connectivity index (χ2n) is 7.46. The van der Waals surface area contributed by atoms with Gasteiger partial charge in [0, 0.05) is 19.3 Å². The quantitative estimate of drug-likeness (QED) is 0.184. The van der Waals surface area contributed by atoms with E-state index >= 15 is 0 Å². The molecule has 1 amide bonds. The zero-order valence-corrected chi connectivity index (χ0v) is 19.0. The molecule has 0 radical (unpaired) electrons. The lowest BCUT2D eigenvalue weighted by Crippen LogP contribution is -2.51. The highest BCUT2D eigenvalue weighted by atomic mass is 32.1. The van der Waals surface area contributed by atoms with Crippen molar-refractivity contribution in [3.63, 3.8) is 0 Å². The zero-order chi connectivity index (χ0) is 24.9. The first-order valence-corrected chi connectivity index (χ1v) is 10.9. The number of nitrogens with two attached hydrogens (primary N) is 1. The minimum absolute atomic E-state index is 0.124. The molecule has 0 bridgehead atoms. The molecular formula is C22H26N4O7S. The number of ether oxygens (including phenoxy) is 1. The first kappa shape index (κ1) is 25.5. The summed E-state index contributed by atoms with van der Waals surface area (Å²) in [5.74, 6) is -6.61. The van der Waals surface area contributed by atoms with Gasteiger partial charge in [-0.2, -0.15) is 0 Å². The van der Waals surface area contributed by atoms with E-state index in [0.717, 1.165) is 5.56 Å². The Morgan fingerprint density at radius 2 is 1.76 bits per heavy atom. The van der Waals surface area contributed by atoms with Crippen molar-refractivity contribution in [3.05, 3.63) is 71.4 Å². The standard InChI is InChI=1S/C22H26N4O7S/c1-33-17(14-5-3-2-4-6-14)22(31,32)24-12-11-13-7-9-15(10-8-13)25-19(28)21(29,30)16-18(27)34-20(23)26-16/h2-10,17,24,27,29-32H,11-12H2,1H3,(H2,23,26)(H,25,28). The number of nitrogens with one attached hydrogen (secondary N) is 2. The molecule has 9 N–H and O–H groups in total. The van der Waals surface area contributed by atoms with Crippen LogP contribution in [0.4, 0.5) is 10.8 Å². The van der Waals surface area contributed by atoms with Crippen LogP contribution in [-0.2, 0) is 21.7 Å². The van der Waals surface area contributed by atoms with E-state index in [1.54, 1.807) is 36.4 Å². The van der Waals surface area contributed by atoms with Crippen molar-refractivity contribution in [1.82, 2.24) is 10.3 Å². The van der Waals surface area contributed by atoms with Crippen molar-refractivity contribution in [2.45, 2.75) is 24.2 Å². The molecule has 3 rings (SSSR count). The number of amides is 1.